The molecule has 0 heterocycles. The first-order valence-corrected chi connectivity index (χ1v) is 7.94. The number of aromatic hydroxyl groups is 1. The fourth-order valence-corrected chi connectivity index (χ4v) is 3.51. The molecule has 5 heteroatoms. The van der Waals surface area contributed by atoms with Crippen LogP contribution in [0.4, 0.5) is 0 Å². The van der Waals surface area contributed by atoms with Crippen LogP contribution in [-0.2, 0) is 9.59 Å². The number of phenols is 1. The maximum absolute atomic E-state index is 12.5. The summed E-state index contributed by atoms with van der Waals surface area (Å²) < 4.78 is 0. The van der Waals surface area contributed by atoms with Gasteiger partial charge in [0.2, 0.25) is 11.6 Å². The van der Waals surface area contributed by atoms with Crippen LogP contribution in [0, 0.1) is 5.92 Å². The van der Waals surface area contributed by atoms with E-state index in [2.05, 4.69) is 0 Å². The number of aliphatic hydroxyl groups is 1. The van der Waals surface area contributed by atoms with Gasteiger partial charge in [-0.3, -0.25) is 14.4 Å². The molecule has 0 spiro atoms. The van der Waals surface area contributed by atoms with Crippen LogP contribution in [0.25, 0.3) is 0 Å². The lowest BCUT2D eigenvalue weighted by Crippen LogP contribution is -2.38. The van der Waals surface area contributed by atoms with Gasteiger partial charge in [-0.15, -0.1) is 0 Å². The number of hydrogen-bond acceptors (Lipinski definition) is 5. The molecule has 0 saturated heterocycles. The fourth-order valence-electron chi connectivity index (χ4n) is 3.51. The first-order chi connectivity index (χ1) is 11.4. The van der Waals surface area contributed by atoms with E-state index in [1.807, 2.05) is 6.92 Å². The molecule has 0 saturated carbocycles. The van der Waals surface area contributed by atoms with Crippen LogP contribution in [0.3, 0.4) is 0 Å². The molecule has 2 atom stereocenters. The van der Waals surface area contributed by atoms with Crippen molar-refractivity contribution in [3.05, 3.63) is 52.3 Å². The predicted molar refractivity (Wildman–Crippen MR) is 100 cm³/mol. The summed E-state index contributed by atoms with van der Waals surface area (Å²) in [4.78, 5) is 37.1. The van der Waals surface area contributed by atoms with Crippen LogP contribution in [0.5, 0.6) is 5.75 Å². The van der Waals surface area contributed by atoms with Crippen molar-refractivity contribution in [2.75, 3.05) is 0 Å². The van der Waals surface area contributed by atoms with Gasteiger partial charge in [0.25, 0.3) is 0 Å². The molecule has 0 radical (unpaired) electrons. The summed E-state index contributed by atoms with van der Waals surface area (Å²) in [6.45, 7) is 3.47. The van der Waals surface area contributed by atoms with Crippen molar-refractivity contribution in [1.29, 1.82) is 0 Å². The number of ketones is 3. The van der Waals surface area contributed by atoms with Gasteiger partial charge in [0.05, 0.1) is 11.5 Å². The normalized spacial score (nSPS) is 21.1. The number of Topliss-reactive ketones (excluding diaryl/α,β-unsaturated/α-hetero) is 3. The van der Waals surface area contributed by atoms with Crippen LogP contribution in [-0.4, -0.2) is 27.6 Å². The van der Waals surface area contributed by atoms with E-state index in [1.54, 1.807) is 25.1 Å². The molecule has 0 fully saturated rings. The molecule has 0 bridgehead atoms. The highest BCUT2D eigenvalue weighted by Crippen LogP contribution is 2.46. The number of phenolic OH excluding ortho intramolecular Hbond substituents is 1. The maximum atomic E-state index is 12.5. The average molecular weight is 358 g/mol. The molecule has 0 aromatic heterocycles. The highest BCUT2D eigenvalue weighted by molar-refractivity contribution is 6.47. The molecule has 2 aliphatic rings. The maximum Gasteiger partial charge on any atom is 0.233 e. The minimum atomic E-state index is -1.02. The van der Waals surface area contributed by atoms with Crippen molar-refractivity contribution in [3.63, 3.8) is 0 Å². The van der Waals surface area contributed by atoms with Crippen LogP contribution < -0.4 is 0 Å². The lowest BCUT2D eigenvalue weighted by molar-refractivity contribution is -0.119. The number of aliphatic hydroxyl groups excluding tert-OH is 1. The monoisotopic (exact) mass is 358 g/mol. The summed E-state index contributed by atoms with van der Waals surface area (Å²) in [5.41, 5.74) is 1.16. The second-order valence-corrected chi connectivity index (χ2v) is 6.20. The fraction of sp³-hybridized carbons (Fsp3) is 0.381. The summed E-state index contributed by atoms with van der Waals surface area (Å²) in [5.74, 6) is -3.81. The third-order valence-corrected chi connectivity index (χ3v) is 4.73. The Kier molecular flexibility index (Phi) is 6.31. The first kappa shape index (κ1) is 21.4. The summed E-state index contributed by atoms with van der Waals surface area (Å²) in [6, 6.07) is 4.57. The molecular formula is C21H26O5. The van der Waals surface area contributed by atoms with Crippen molar-refractivity contribution >= 4 is 17.3 Å². The highest BCUT2D eigenvalue weighted by Gasteiger charge is 2.46. The SMILES string of the molecule is C.C.CCCC(=O)C1=CC2c3cccc(O)c3C(=O)C(=O)C2C(O)=C1C. The first-order valence-electron chi connectivity index (χ1n) is 7.94. The smallest absolute Gasteiger partial charge is 0.233 e. The molecular weight excluding hydrogens is 332 g/mol. The zero-order valence-corrected chi connectivity index (χ0v) is 13.5. The lowest BCUT2D eigenvalue weighted by Gasteiger charge is -2.34. The van der Waals surface area contributed by atoms with Gasteiger partial charge in [-0.05, 0) is 30.5 Å². The Morgan fingerprint density at radius 2 is 1.81 bits per heavy atom. The van der Waals surface area contributed by atoms with Gasteiger partial charge in [-0.2, -0.15) is 0 Å². The van der Waals surface area contributed by atoms with Gasteiger partial charge in [-0.1, -0.05) is 40.0 Å². The van der Waals surface area contributed by atoms with E-state index in [9.17, 15) is 24.6 Å². The van der Waals surface area contributed by atoms with Crippen LogP contribution in [0.1, 0.15) is 63.4 Å². The van der Waals surface area contributed by atoms with Crippen molar-refractivity contribution in [3.8, 4) is 5.75 Å². The number of hydrogen-bond donors (Lipinski definition) is 2. The number of carbonyl (C=O) groups excluding carboxylic acids is 3. The van der Waals surface area contributed by atoms with Crippen LogP contribution in [0.15, 0.2) is 41.2 Å². The van der Waals surface area contributed by atoms with Crippen LogP contribution >= 0.6 is 0 Å². The number of carbonyl (C=O) groups is 3. The quantitative estimate of drug-likeness (QED) is 0.787. The highest BCUT2D eigenvalue weighted by atomic mass is 16.3. The molecule has 3 rings (SSSR count). The standard InChI is InChI=1S/C19H18O5.2CH4/c1-3-5-13(20)11-8-12-10-6-4-7-14(21)15(10)18(23)19(24)16(12)17(22)9(11)2;;/h4,6-8,12,16,21-22H,3,5H2,1-2H3;2*1H4. The van der Waals surface area contributed by atoms with E-state index in [4.69, 9.17) is 0 Å². The predicted octanol–water partition coefficient (Wildman–Crippen LogP) is 4.27. The third-order valence-electron chi connectivity index (χ3n) is 4.73. The van der Waals surface area contributed by atoms with Gasteiger partial charge >= 0.3 is 0 Å². The second-order valence-electron chi connectivity index (χ2n) is 6.20. The van der Waals surface area contributed by atoms with Gasteiger partial charge in [-0.25, -0.2) is 0 Å². The van der Waals surface area contributed by atoms with Gasteiger partial charge in [0.1, 0.15) is 11.5 Å². The van der Waals surface area contributed by atoms with Gasteiger partial charge in [0.15, 0.2) is 5.78 Å². The molecule has 0 amide bonds. The molecule has 2 N–H and O–H groups in total. The van der Waals surface area contributed by atoms with E-state index < -0.39 is 23.4 Å². The molecule has 26 heavy (non-hydrogen) atoms. The molecule has 5 nitrogen and oxygen atoms in total. The summed E-state index contributed by atoms with van der Waals surface area (Å²) in [6.07, 6.45) is 2.67. The van der Waals surface area contributed by atoms with E-state index in [1.165, 1.54) is 6.07 Å². The summed E-state index contributed by atoms with van der Waals surface area (Å²) in [7, 11) is 0. The van der Waals surface area contributed by atoms with Crippen LogP contribution in [0.2, 0.25) is 0 Å². The van der Waals surface area contributed by atoms with E-state index in [-0.39, 0.29) is 37.7 Å². The third kappa shape index (κ3) is 2.98. The van der Waals surface area contributed by atoms with Crippen molar-refractivity contribution in [2.24, 2.45) is 5.92 Å². The molecule has 1 aromatic carbocycles. The Morgan fingerprint density at radius 1 is 1.15 bits per heavy atom. The number of rotatable bonds is 3. The minimum Gasteiger partial charge on any atom is -0.511 e. The van der Waals surface area contributed by atoms with Gasteiger partial charge in [0, 0.05) is 17.9 Å². The molecule has 1 aromatic rings. The number of benzene rings is 1. The molecule has 140 valence electrons. The zero-order valence-electron chi connectivity index (χ0n) is 13.5. The van der Waals surface area contributed by atoms with Crippen molar-refractivity contribution in [2.45, 2.75) is 47.5 Å². The second kappa shape index (κ2) is 7.68. The van der Waals surface area contributed by atoms with Gasteiger partial charge < -0.3 is 10.2 Å². The molecule has 2 unspecified atom stereocenters. The summed E-state index contributed by atoms with van der Waals surface area (Å²) >= 11 is 0. The Morgan fingerprint density at radius 3 is 2.42 bits per heavy atom. The Balaban J connectivity index is 0.00000169. The largest absolute Gasteiger partial charge is 0.511 e. The van der Waals surface area contributed by atoms with E-state index in [0.717, 1.165) is 0 Å². The van der Waals surface area contributed by atoms with Crippen molar-refractivity contribution in [1.82, 2.24) is 0 Å². The Hall–Kier alpha value is -2.69. The Labute approximate surface area is 154 Å². The zero-order chi connectivity index (χ0) is 17.6. The molecule has 0 aliphatic heterocycles. The van der Waals surface area contributed by atoms with Crippen molar-refractivity contribution < 1.29 is 24.6 Å². The lowest BCUT2D eigenvalue weighted by atomic mass is 9.68. The average Bonchev–Trinajstić information content (AvgIpc) is 2.55. The minimum absolute atomic E-state index is 0. The Bertz CT molecular complexity index is 829. The van der Waals surface area contributed by atoms with E-state index in [0.29, 0.717) is 29.6 Å². The van der Waals surface area contributed by atoms with E-state index >= 15 is 0 Å². The number of fused-ring (bicyclic) bond motifs is 3. The molecule has 2 aliphatic carbocycles. The topological polar surface area (TPSA) is 91.7 Å². The number of allylic oxidation sites excluding steroid dienone is 4. The summed E-state index contributed by atoms with van der Waals surface area (Å²) in [5, 5.41) is 20.5.